The smallest absolute Gasteiger partial charge is 0.872 e. The van der Waals surface area contributed by atoms with Crippen LogP contribution in [0.4, 0.5) is 105 Å². The summed E-state index contributed by atoms with van der Waals surface area (Å²) in [5.74, 6) is -48.2. The van der Waals surface area contributed by atoms with Gasteiger partial charge in [0.1, 0.15) is 140 Å². The number of hydrogen-bond donors (Lipinski definition) is 0. The molecule has 0 fully saturated rings. The molecular weight excluding hydrogens is 1430 g/mol. The first-order valence-corrected chi connectivity index (χ1v) is 23.7. The molecule has 0 unspecified atom stereocenters. The van der Waals surface area contributed by atoms with E-state index in [9.17, 15) is 145 Å². The normalized spacial score (nSPS) is 11.4. The van der Waals surface area contributed by atoms with E-state index in [2.05, 4.69) is 0 Å². The van der Waals surface area contributed by atoms with Crippen LogP contribution < -0.4 is 20.4 Å². The van der Waals surface area contributed by atoms with Crippen molar-refractivity contribution in [2.24, 2.45) is 0 Å². The SMILES string of the molecule is O=C(/C=C(\[O-])c1c(F)cc(F)cc1F)c1c(F)cc(F)cc1F.O=C(/C=C(\[O-])c1c(F)cc(F)cc1F)c1c(F)cc(F)cc1F.O=C(/C=C(\[O-])c1c(F)cc(F)cc1F)c1c(F)cc(F)cc1F.O=C(/C=C(\[O-])c1c(F)cc(F)cc1F)c1c(F)cc(F)cc1F.[Cu+2].[Cu+2]. The Kier molecular flexibility index (Phi) is 27.4. The van der Waals surface area contributed by atoms with Crippen molar-refractivity contribution in [1.82, 2.24) is 0 Å². The van der Waals surface area contributed by atoms with E-state index in [4.69, 9.17) is 0 Å². The predicted octanol–water partition coefficient (Wildman–Crippen LogP) is 12.4. The van der Waals surface area contributed by atoms with Gasteiger partial charge in [0, 0.05) is 119 Å². The van der Waals surface area contributed by atoms with Crippen molar-refractivity contribution in [2.75, 3.05) is 0 Å². The first kappa shape index (κ1) is 78.2. The number of benzene rings is 8. The quantitative estimate of drug-likeness (QED) is 0.0384. The summed E-state index contributed by atoms with van der Waals surface area (Å²) in [5, 5.41) is 46.7. The third-order valence-corrected chi connectivity index (χ3v) is 11.1. The van der Waals surface area contributed by atoms with Gasteiger partial charge < -0.3 is 20.4 Å². The Bertz CT molecular complexity index is 3700. The van der Waals surface area contributed by atoms with Crippen LogP contribution in [0.3, 0.4) is 0 Å². The maximum absolute atomic E-state index is 13.4. The van der Waals surface area contributed by atoms with Crippen molar-refractivity contribution in [3.8, 4) is 0 Å². The summed E-state index contributed by atoms with van der Waals surface area (Å²) in [7, 11) is 0. The molecule has 0 aliphatic rings. The van der Waals surface area contributed by atoms with Crippen LogP contribution in [0.2, 0.25) is 0 Å². The van der Waals surface area contributed by atoms with E-state index in [0.717, 1.165) is 0 Å². The van der Waals surface area contributed by atoms with Crippen LogP contribution >= 0.6 is 0 Å². The zero-order valence-electron chi connectivity index (χ0n) is 44.5. The molecule has 0 spiro atoms. The van der Waals surface area contributed by atoms with Crippen molar-refractivity contribution in [2.45, 2.75) is 0 Å². The molecule has 0 bridgehead atoms. The van der Waals surface area contributed by atoms with E-state index in [1.54, 1.807) is 0 Å². The molecule has 8 nitrogen and oxygen atoms in total. The Morgan fingerprint density at radius 2 is 0.277 bits per heavy atom. The molecule has 8 rings (SSSR count). The van der Waals surface area contributed by atoms with Crippen LogP contribution in [0, 0.1) is 140 Å². The van der Waals surface area contributed by atoms with Gasteiger partial charge in [0.2, 0.25) is 0 Å². The molecule has 94 heavy (non-hydrogen) atoms. The molecule has 2 radical (unpaired) electrons. The first-order chi connectivity index (χ1) is 42.8. The van der Waals surface area contributed by atoms with Gasteiger partial charge >= 0.3 is 34.1 Å². The molecular formula is C60H20Cu2F24O8. The fourth-order valence-corrected chi connectivity index (χ4v) is 7.27. The number of carbonyl (C=O) groups excluding carboxylic acids is 4. The molecule has 0 aromatic heterocycles. The van der Waals surface area contributed by atoms with E-state index in [1.165, 1.54) is 0 Å². The van der Waals surface area contributed by atoms with E-state index >= 15 is 0 Å². The molecule has 0 heterocycles. The number of rotatable bonds is 12. The molecule has 0 amide bonds. The Morgan fingerprint density at radius 1 is 0.191 bits per heavy atom. The predicted molar refractivity (Wildman–Crippen MR) is 260 cm³/mol. The average Bonchev–Trinajstić information content (AvgIpc) is 0.895. The van der Waals surface area contributed by atoms with Crippen LogP contribution in [-0.2, 0) is 34.1 Å². The van der Waals surface area contributed by atoms with Gasteiger partial charge in [-0.2, -0.15) is 0 Å². The number of ketones is 4. The summed E-state index contributed by atoms with van der Waals surface area (Å²) < 4.78 is 316. The molecule has 498 valence electrons. The monoisotopic (exact) mass is 1450 g/mol. The van der Waals surface area contributed by atoms with Crippen LogP contribution in [0.5, 0.6) is 0 Å². The van der Waals surface area contributed by atoms with Gasteiger partial charge in [0.05, 0.1) is 22.3 Å². The molecule has 8 aromatic carbocycles. The van der Waals surface area contributed by atoms with Gasteiger partial charge in [0.25, 0.3) is 0 Å². The topological polar surface area (TPSA) is 161 Å². The first-order valence-electron chi connectivity index (χ1n) is 23.7. The maximum atomic E-state index is 13.4. The van der Waals surface area contributed by atoms with Crippen LogP contribution in [-0.4, -0.2) is 23.1 Å². The Morgan fingerprint density at radius 3 is 0.372 bits per heavy atom. The molecule has 0 aliphatic carbocycles. The number of carbonyl (C=O) groups is 4. The molecule has 0 atom stereocenters. The van der Waals surface area contributed by atoms with Gasteiger partial charge in [-0.3, -0.25) is 19.2 Å². The summed E-state index contributed by atoms with van der Waals surface area (Å²) in [6, 6.07) is 3.23. The molecule has 8 aromatic rings. The van der Waals surface area contributed by atoms with Gasteiger partial charge in [-0.05, 0) is 24.3 Å². The fourth-order valence-electron chi connectivity index (χ4n) is 7.27. The minimum absolute atomic E-state index is 0. The standard InChI is InChI=1S/4C15H6F6O2.2Cu/c4*16-6-1-8(18)14(9(19)2-6)12(22)5-13(23)15-10(20)3-7(17)4-11(15)21;;/h4*1-5,22H;;/q;;;;2*+2/p-4/b4*12-5-;;. The molecule has 0 N–H and O–H groups in total. The van der Waals surface area contributed by atoms with Crippen molar-refractivity contribution < 1.29 is 179 Å². The molecule has 0 saturated carbocycles. The third-order valence-electron chi connectivity index (χ3n) is 11.1. The minimum atomic E-state index is -1.59. The van der Waals surface area contributed by atoms with Crippen molar-refractivity contribution in [3.05, 3.63) is 305 Å². The molecule has 0 aliphatic heterocycles. The van der Waals surface area contributed by atoms with Crippen LogP contribution in [0.15, 0.2) is 121 Å². The Balaban J connectivity index is 0.000000325. The van der Waals surface area contributed by atoms with Crippen molar-refractivity contribution >= 4 is 46.2 Å². The van der Waals surface area contributed by atoms with E-state index in [1.807, 2.05) is 0 Å². The Labute approximate surface area is 528 Å². The summed E-state index contributed by atoms with van der Waals surface area (Å²) in [6.07, 6.45) is 0.106. The second-order valence-corrected chi connectivity index (χ2v) is 17.4. The summed E-state index contributed by atoms with van der Waals surface area (Å²) in [5.41, 5.74) is -10.1. The fraction of sp³-hybridized carbons (Fsp3) is 0. The maximum Gasteiger partial charge on any atom is 2.00 e. The van der Waals surface area contributed by atoms with Gasteiger partial charge in [-0.25, -0.2) is 105 Å². The zero-order chi connectivity index (χ0) is 69.2. The summed E-state index contributed by atoms with van der Waals surface area (Å²) in [6.45, 7) is 0. The molecule has 34 heteroatoms. The summed E-state index contributed by atoms with van der Waals surface area (Å²) in [4.78, 5) is 46.7. The van der Waals surface area contributed by atoms with Crippen LogP contribution in [0.25, 0.3) is 23.0 Å². The van der Waals surface area contributed by atoms with Crippen molar-refractivity contribution in [1.29, 1.82) is 0 Å². The Hall–Kier alpha value is -10.0. The van der Waals surface area contributed by atoms with Gasteiger partial charge in [-0.1, -0.05) is 23.0 Å². The average molecular weight is 1450 g/mol. The van der Waals surface area contributed by atoms with Crippen LogP contribution in [0.1, 0.15) is 63.7 Å². The second-order valence-electron chi connectivity index (χ2n) is 17.4. The molecule has 0 saturated heterocycles. The minimum Gasteiger partial charge on any atom is -0.872 e. The number of allylic oxidation sites excluding steroid dienone is 4. The zero-order valence-corrected chi connectivity index (χ0v) is 46.4. The third kappa shape index (κ3) is 19.5. The summed E-state index contributed by atoms with van der Waals surface area (Å²) >= 11 is 0. The van der Waals surface area contributed by atoms with Gasteiger partial charge in [0.15, 0.2) is 23.1 Å². The van der Waals surface area contributed by atoms with E-state index in [0.29, 0.717) is 0 Å². The number of hydrogen-bond acceptors (Lipinski definition) is 8. The van der Waals surface area contributed by atoms with Gasteiger partial charge in [-0.15, -0.1) is 0 Å². The largest absolute Gasteiger partial charge is 2.00 e. The second kappa shape index (κ2) is 33.0. The van der Waals surface area contributed by atoms with Crippen molar-refractivity contribution in [3.63, 3.8) is 0 Å². The number of halogens is 24. The van der Waals surface area contributed by atoms with E-state index < -0.39 is 230 Å². The van der Waals surface area contributed by atoms with E-state index in [-0.39, 0.29) is 156 Å².